The summed E-state index contributed by atoms with van der Waals surface area (Å²) < 4.78 is 0. The summed E-state index contributed by atoms with van der Waals surface area (Å²) in [5, 5.41) is 3.29. The van der Waals surface area contributed by atoms with Crippen molar-refractivity contribution in [3.63, 3.8) is 0 Å². The van der Waals surface area contributed by atoms with Crippen LogP contribution in [0.4, 0.5) is 0 Å². The van der Waals surface area contributed by atoms with Crippen LogP contribution < -0.4 is 5.32 Å². The lowest BCUT2D eigenvalue weighted by atomic mass is 10.2. The van der Waals surface area contributed by atoms with E-state index in [0.717, 1.165) is 5.92 Å². The smallest absolute Gasteiger partial charge is 0.236 e. The fourth-order valence-electron chi connectivity index (χ4n) is 1.42. The van der Waals surface area contributed by atoms with Gasteiger partial charge < -0.3 is 10.2 Å². The van der Waals surface area contributed by atoms with Crippen LogP contribution >= 0.6 is 0 Å². The highest BCUT2D eigenvalue weighted by molar-refractivity contribution is 5.78. The van der Waals surface area contributed by atoms with Gasteiger partial charge in [0.1, 0.15) is 0 Å². The van der Waals surface area contributed by atoms with Crippen molar-refractivity contribution in [3.8, 4) is 0 Å². The van der Waals surface area contributed by atoms with Crippen molar-refractivity contribution in [1.29, 1.82) is 0 Å². The molecule has 1 aliphatic rings. The van der Waals surface area contributed by atoms with E-state index in [4.69, 9.17) is 0 Å². The molecule has 0 saturated heterocycles. The van der Waals surface area contributed by atoms with Gasteiger partial charge in [-0.15, -0.1) is 0 Å². The molecule has 1 amide bonds. The molecule has 3 heteroatoms. The molecular weight excluding hydrogens is 176 g/mol. The van der Waals surface area contributed by atoms with Gasteiger partial charge in [-0.25, -0.2) is 0 Å². The highest BCUT2D eigenvalue weighted by atomic mass is 16.2. The van der Waals surface area contributed by atoms with E-state index in [2.05, 4.69) is 12.2 Å². The summed E-state index contributed by atoms with van der Waals surface area (Å²) in [4.78, 5) is 13.4. The van der Waals surface area contributed by atoms with Crippen LogP contribution in [-0.4, -0.2) is 36.5 Å². The van der Waals surface area contributed by atoms with E-state index < -0.39 is 0 Å². The van der Waals surface area contributed by atoms with Gasteiger partial charge in [0.2, 0.25) is 5.91 Å². The van der Waals surface area contributed by atoms with Crippen LogP contribution in [0.1, 0.15) is 33.6 Å². The molecule has 1 unspecified atom stereocenters. The van der Waals surface area contributed by atoms with E-state index in [9.17, 15) is 4.79 Å². The van der Waals surface area contributed by atoms with E-state index in [1.54, 1.807) is 4.90 Å². The molecule has 3 nitrogen and oxygen atoms in total. The van der Waals surface area contributed by atoms with Crippen LogP contribution in [-0.2, 0) is 4.79 Å². The molecule has 82 valence electrons. The van der Waals surface area contributed by atoms with Crippen LogP contribution in [0.25, 0.3) is 0 Å². The van der Waals surface area contributed by atoms with Gasteiger partial charge in [0.25, 0.3) is 0 Å². The number of nitrogens with zero attached hydrogens (tertiary/aromatic N) is 1. The molecule has 1 saturated carbocycles. The van der Waals surface area contributed by atoms with Crippen LogP contribution in [0.15, 0.2) is 0 Å². The van der Waals surface area contributed by atoms with Gasteiger partial charge in [0.05, 0.1) is 6.54 Å². The average molecular weight is 198 g/mol. The Bertz CT molecular complexity index is 199. The number of rotatable bonds is 5. The van der Waals surface area contributed by atoms with Gasteiger partial charge in [-0.3, -0.25) is 4.79 Å². The summed E-state index contributed by atoms with van der Waals surface area (Å²) in [6.07, 6.45) is 2.64. The standard InChI is InChI=1S/C11H22N2O/c1-8(2)13(4)11(14)7-12-9(3)10-5-6-10/h8-10,12H,5-7H2,1-4H3. The first kappa shape index (κ1) is 11.5. The van der Waals surface area contributed by atoms with Crippen molar-refractivity contribution in [2.45, 2.75) is 45.7 Å². The van der Waals surface area contributed by atoms with Crippen LogP contribution in [0.2, 0.25) is 0 Å². The Morgan fingerprint density at radius 3 is 2.43 bits per heavy atom. The fourth-order valence-corrected chi connectivity index (χ4v) is 1.42. The lowest BCUT2D eigenvalue weighted by molar-refractivity contribution is -0.130. The summed E-state index contributed by atoms with van der Waals surface area (Å²) in [6, 6.07) is 0.792. The lowest BCUT2D eigenvalue weighted by Crippen LogP contribution is -2.42. The van der Waals surface area contributed by atoms with E-state index in [-0.39, 0.29) is 5.91 Å². The maximum Gasteiger partial charge on any atom is 0.236 e. The maximum absolute atomic E-state index is 11.6. The first-order chi connectivity index (χ1) is 6.52. The summed E-state index contributed by atoms with van der Waals surface area (Å²) >= 11 is 0. The second-order valence-electron chi connectivity index (χ2n) is 4.61. The lowest BCUT2D eigenvalue weighted by Gasteiger charge is -2.22. The second kappa shape index (κ2) is 4.78. The molecule has 0 aromatic carbocycles. The highest BCUT2D eigenvalue weighted by Crippen LogP contribution is 2.32. The van der Waals surface area contributed by atoms with Crippen molar-refractivity contribution in [2.75, 3.05) is 13.6 Å². The van der Waals surface area contributed by atoms with E-state index >= 15 is 0 Å². The Hall–Kier alpha value is -0.570. The van der Waals surface area contributed by atoms with Gasteiger partial charge >= 0.3 is 0 Å². The molecule has 1 atom stereocenters. The minimum absolute atomic E-state index is 0.188. The molecule has 0 aromatic heterocycles. The van der Waals surface area contributed by atoms with Crippen molar-refractivity contribution in [2.24, 2.45) is 5.92 Å². The van der Waals surface area contributed by atoms with Gasteiger partial charge in [0, 0.05) is 19.1 Å². The molecule has 1 N–H and O–H groups in total. The fraction of sp³-hybridized carbons (Fsp3) is 0.909. The first-order valence-corrected chi connectivity index (χ1v) is 5.51. The quantitative estimate of drug-likeness (QED) is 0.721. The third-order valence-corrected chi connectivity index (χ3v) is 3.07. The average Bonchev–Trinajstić information content (AvgIpc) is 2.95. The third-order valence-electron chi connectivity index (χ3n) is 3.07. The van der Waals surface area contributed by atoms with Crippen molar-refractivity contribution < 1.29 is 4.79 Å². The largest absolute Gasteiger partial charge is 0.342 e. The Balaban J connectivity index is 2.19. The summed E-state index contributed by atoms with van der Waals surface area (Å²) in [7, 11) is 1.86. The summed E-state index contributed by atoms with van der Waals surface area (Å²) in [6.45, 7) is 6.71. The first-order valence-electron chi connectivity index (χ1n) is 5.51. The van der Waals surface area contributed by atoms with Gasteiger partial charge in [0.15, 0.2) is 0 Å². The third kappa shape index (κ3) is 3.29. The number of hydrogen-bond donors (Lipinski definition) is 1. The molecule has 1 aliphatic carbocycles. The minimum Gasteiger partial charge on any atom is -0.342 e. The molecule has 0 aromatic rings. The number of amides is 1. The molecule has 0 bridgehead atoms. The zero-order valence-corrected chi connectivity index (χ0v) is 9.71. The summed E-state index contributed by atoms with van der Waals surface area (Å²) in [5.74, 6) is 1.000. The Morgan fingerprint density at radius 2 is 2.00 bits per heavy atom. The Kier molecular flexibility index (Phi) is 3.93. The predicted molar refractivity (Wildman–Crippen MR) is 58.1 cm³/mol. The number of carbonyl (C=O) groups excluding carboxylic acids is 1. The minimum atomic E-state index is 0.188. The Labute approximate surface area is 86.9 Å². The van der Waals surface area contributed by atoms with Crippen molar-refractivity contribution >= 4 is 5.91 Å². The number of likely N-dealkylation sites (N-methyl/N-ethyl adjacent to an activating group) is 1. The van der Waals surface area contributed by atoms with Crippen LogP contribution in [0.3, 0.4) is 0 Å². The molecule has 1 rings (SSSR count). The molecule has 0 spiro atoms. The topological polar surface area (TPSA) is 32.3 Å². The zero-order valence-electron chi connectivity index (χ0n) is 9.71. The monoisotopic (exact) mass is 198 g/mol. The van der Waals surface area contributed by atoms with Gasteiger partial charge in [-0.1, -0.05) is 0 Å². The molecule has 0 heterocycles. The van der Waals surface area contributed by atoms with E-state index in [0.29, 0.717) is 18.6 Å². The molecular formula is C11H22N2O. The molecule has 0 radical (unpaired) electrons. The normalized spacial score (nSPS) is 18.4. The zero-order chi connectivity index (χ0) is 10.7. The predicted octanol–water partition coefficient (Wildman–Crippen LogP) is 1.24. The maximum atomic E-state index is 11.6. The summed E-state index contributed by atoms with van der Waals surface area (Å²) in [5.41, 5.74) is 0. The highest BCUT2D eigenvalue weighted by Gasteiger charge is 2.28. The number of nitrogens with one attached hydrogen (secondary N) is 1. The second-order valence-corrected chi connectivity index (χ2v) is 4.61. The van der Waals surface area contributed by atoms with E-state index in [1.165, 1.54) is 12.8 Å². The van der Waals surface area contributed by atoms with Gasteiger partial charge in [-0.05, 0) is 39.5 Å². The van der Waals surface area contributed by atoms with Gasteiger partial charge in [-0.2, -0.15) is 0 Å². The molecule has 0 aliphatic heterocycles. The number of hydrogen-bond acceptors (Lipinski definition) is 2. The molecule has 1 fully saturated rings. The van der Waals surface area contributed by atoms with E-state index in [1.807, 2.05) is 20.9 Å². The van der Waals surface area contributed by atoms with Crippen molar-refractivity contribution in [1.82, 2.24) is 10.2 Å². The van der Waals surface area contributed by atoms with Crippen LogP contribution in [0, 0.1) is 5.92 Å². The molecule has 14 heavy (non-hydrogen) atoms. The van der Waals surface area contributed by atoms with Crippen LogP contribution in [0.5, 0.6) is 0 Å². The Morgan fingerprint density at radius 1 is 1.43 bits per heavy atom. The van der Waals surface area contributed by atoms with Crippen molar-refractivity contribution in [3.05, 3.63) is 0 Å². The SMILES string of the molecule is CC(NCC(=O)N(C)C(C)C)C1CC1. The number of carbonyl (C=O) groups is 1.